The first-order valence-electron chi connectivity index (χ1n) is 8.54. The Hall–Kier alpha value is -2.60. The lowest BCUT2D eigenvalue weighted by Gasteiger charge is -2.16. The number of carbonyl (C=O) groups is 1. The Morgan fingerprint density at radius 3 is 3.12 bits per heavy atom. The number of amides is 1. The molecule has 0 radical (unpaired) electrons. The zero-order chi connectivity index (χ0) is 17.4. The van der Waals surface area contributed by atoms with E-state index in [0.29, 0.717) is 23.5 Å². The van der Waals surface area contributed by atoms with Gasteiger partial charge >= 0.3 is 0 Å². The summed E-state index contributed by atoms with van der Waals surface area (Å²) < 4.78 is 7.60. The van der Waals surface area contributed by atoms with Gasteiger partial charge in [0.2, 0.25) is 0 Å². The van der Waals surface area contributed by atoms with Crippen LogP contribution in [0.15, 0.2) is 47.4 Å². The second-order valence-electron chi connectivity index (χ2n) is 6.82. The highest BCUT2D eigenvalue weighted by Crippen LogP contribution is 2.29. The van der Waals surface area contributed by atoms with Crippen molar-refractivity contribution in [2.75, 3.05) is 0 Å². The summed E-state index contributed by atoms with van der Waals surface area (Å²) in [7, 11) is 0. The van der Waals surface area contributed by atoms with E-state index in [-0.39, 0.29) is 11.9 Å². The molecule has 1 aromatic carbocycles. The molecule has 2 N–H and O–H groups in total. The van der Waals surface area contributed by atoms with Gasteiger partial charge in [0.05, 0.1) is 24.0 Å². The third-order valence-electron chi connectivity index (χ3n) is 4.90. The summed E-state index contributed by atoms with van der Waals surface area (Å²) in [4.78, 5) is 16.8. The summed E-state index contributed by atoms with van der Waals surface area (Å²) >= 11 is 0. The largest absolute Gasteiger partial charge is 0.461 e. The lowest BCUT2D eigenvalue weighted by Crippen LogP contribution is -2.40. The molecule has 1 aliphatic rings. The van der Waals surface area contributed by atoms with Crippen molar-refractivity contribution < 1.29 is 14.3 Å². The summed E-state index contributed by atoms with van der Waals surface area (Å²) in [5.74, 6) is 0.928. The minimum absolute atomic E-state index is 0.168. The summed E-state index contributed by atoms with van der Waals surface area (Å²) in [6, 6.07) is 7.09. The molecular weight excluding hydrogens is 318 g/mol. The highest BCUT2D eigenvalue weighted by Gasteiger charge is 2.34. The number of aliphatic hydroxyl groups is 1. The second kappa shape index (κ2) is 6.37. The average Bonchev–Trinajstić information content (AvgIpc) is 3.28. The van der Waals surface area contributed by atoms with Crippen LogP contribution in [0.4, 0.5) is 0 Å². The van der Waals surface area contributed by atoms with Crippen molar-refractivity contribution in [3.05, 3.63) is 54.3 Å². The fourth-order valence-electron chi connectivity index (χ4n) is 3.75. The summed E-state index contributed by atoms with van der Waals surface area (Å²) in [6.07, 6.45) is 6.35. The number of hydrogen-bond acceptors (Lipinski definition) is 4. The standard InChI is InChI=1S/C19H21N3O3/c1-12-7-15-14(3-2-4-18(15)25-12)19(24)21-16-8-13(9-17(16)23)10-22-6-5-20-11-22/h2-7,11,13,16-17,23H,8-10H2,1H3,(H,21,24)/t13?,16-,17-/m1/s1. The molecule has 1 saturated carbocycles. The smallest absolute Gasteiger partial charge is 0.252 e. The first-order chi connectivity index (χ1) is 12.1. The first kappa shape index (κ1) is 15.9. The van der Waals surface area contributed by atoms with Crippen molar-refractivity contribution in [2.24, 2.45) is 5.92 Å². The third-order valence-corrected chi connectivity index (χ3v) is 4.90. The van der Waals surface area contributed by atoms with E-state index in [1.807, 2.05) is 35.9 Å². The van der Waals surface area contributed by atoms with Crippen LogP contribution in [0, 0.1) is 12.8 Å². The van der Waals surface area contributed by atoms with Crippen molar-refractivity contribution in [3.8, 4) is 0 Å². The zero-order valence-electron chi connectivity index (χ0n) is 14.1. The second-order valence-corrected chi connectivity index (χ2v) is 6.82. The van der Waals surface area contributed by atoms with Gasteiger partial charge < -0.3 is 19.4 Å². The van der Waals surface area contributed by atoms with Gasteiger partial charge in [-0.05, 0) is 43.9 Å². The number of nitrogens with one attached hydrogen (secondary N) is 1. The molecule has 1 aliphatic carbocycles. The summed E-state index contributed by atoms with van der Waals surface area (Å²) in [5.41, 5.74) is 1.29. The molecule has 25 heavy (non-hydrogen) atoms. The number of aryl methyl sites for hydroxylation is 1. The number of carbonyl (C=O) groups excluding carboxylic acids is 1. The Kier molecular flexibility index (Phi) is 4.05. The van der Waals surface area contributed by atoms with Gasteiger partial charge in [-0.2, -0.15) is 0 Å². The molecule has 4 rings (SSSR count). The van der Waals surface area contributed by atoms with Crippen LogP contribution in [0.25, 0.3) is 11.0 Å². The summed E-state index contributed by atoms with van der Waals surface area (Å²) in [5, 5.41) is 14.1. The van der Waals surface area contributed by atoms with E-state index in [0.717, 1.165) is 24.1 Å². The Bertz CT molecular complexity index is 885. The highest BCUT2D eigenvalue weighted by molar-refractivity contribution is 6.06. The van der Waals surface area contributed by atoms with Gasteiger partial charge in [0.25, 0.3) is 5.91 Å². The predicted molar refractivity (Wildman–Crippen MR) is 93.2 cm³/mol. The van der Waals surface area contributed by atoms with Crippen molar-refractivity contribution in [1.29, 1.82) is 0 Å². The fourth-order valence-corrected chi connectivity index (χ4v) is 3.75. The predicted octanol–water partition coefficient (Wildman–Crippen LogP) is 2.51. The van der Waals surface area contributed by atoms with Crippen LogP contribution in [0.3, 0.4) is 0 Å². The third kappa shape index (κ3) is 3.17. The molecule has 2 aromatic heterocycles. The minimum atomic E-state index is -0.525. The molecule has 2 heterocycles. The summed E-state index contributed by atoms with van der Waals surface area (Å²) in [6.45, 7) is 2.67. The van der Waals surface area contributed by atoms with Gasteiger partial charge in [-0.1, -0.05) is 6.07 Å². The Morgan fingerprint density at radius 2 is 2.32 bits per heavy atom. The maximum atomic E-state index is 12.7. The Morgan fingerprint density at radius 1 is 1.44 bits per heavy atom. The van der Waals surface area contributed by atoms with Crippen molar-refractivity contribution in [1.82, 2.24) is 14.9 Å². The molecule has 0 saturated heterocycles. The number of hydrogen-bond donors (Lipinski definition) is 2. The van der Waals surface area contributed by atoms with Crippen LogP contribution in [-0.2, 0) is 6.54 Å². The van der Waals surface area contributed by atoms with Crippen LogP contribution < -0.4 is 5.32 Å². The topological polar surface area (TPSA) is 80.3 Å². The quantitative estimate of drug-likeness (QED) is 0.765. The molecule has 6 nitrogen and oxygen atoms in total. The lowest BCUT2D eigenvalue weighted by molar-refractivity contribution is 0.0874. The van der Waals surface area contributed by atoms with Crippen molar-refractivity contribution >= 4 is 16.9 Å². The number of fused-ring (bicyclic) bond motifs is 1. The highest BCUT2D eigenvalue weighted by atomic mass is 16.3. The van der Waals surface area contributed by atoms with Crippen LogP contribution in [0.2, 0.25) is 0 Å². The van der Waals surface area contributed by atoms with Gasteiger partial charge in [-0.15, -0.1) is 0 Å². The number of furan rings is 1. The SMILES string of the molecule is Cc1cc2c(C(=O)N[C@@H]3CC(Cn4ccnc4)C[C@H]3O)cccc2o1. The average molecular weight is 339 g/mol. The molecule has 1 amide bonds. The van der Waals surface area contributed by atoms with Gasteiger partial charge in [-0.25, -0.2) is 4.98 Å². The first-order valence-corrected chi connectivity index (χ1v) is 8.54. The van der Waals surface area contributed by atoms with E-state index in [1.165, 1.54) is 0 Å². The van der Waals surface area contributed by atoms with Crippen LogP contribution in [-0.4, -0.2) is 32.7 Å². The van der Waals surface area contributed by atoms with Gasteiger partial charge in [0, 0.05) is 24.3 Å². The monoisotopic (exact) mass is 339 g/mol. The van der Waals surface area contributed by atoms with Crippen molar-refractivity contribution in [3.63, 3.8) is 0 Å². The molecule has 0 aliphatic heterocycles. The number of aliphatic hydroxyl groups excluding tert-OH is 1. The number of nitrogens with zero attached hydrogens (tertiary/aromatic N) is 2. The normalized spacial score (nSPS) is 23.2. The molecule has 1 fully saturated rings. The molecule has 3 aromatic rings. The zero-order valence-corrected chi connectivity index (χ0v) is 14.1. The molecule has 1 unspecified atom stereocenters. The molecule has 6 heteroatoms. The van der Waals surface area contributed by atoms with Gasteiger partial charge in [-0.3, -0.25) is 4.79 Å². The van der Waals surface area contributed by atoms with E-state index >= 15 is 0 Å². The number of imidazole rings is 1. The Labute approximate surface area is 145 Å². The molecule has 130 valence electrons. The van der Waals surface area contributed by atoms with Crippen LogP contribution >= 0.6 is 0 Å². The van der Waals surface area contributed by atoms with E-state index in [2.05, 4.69) is 10.3 Å². The van der Waals surface area contributed by atoms with Crippen LogP contribution in [0.1, 0.15) is 29.0 Å². The Balaban J connectivity index is 1.46. The fraction of sp³-hybridized carbons (Fsp3) is 0.368. The maximum absolute atomic E-state index is 12.7. The van der Waals surface area contributed by atoms with Gasteiger partial charge in [0.15, 0.2) is 0 Å². The van der Waals surface area contributed by atoms with E-state index < -0.39 is 6.10 Å². The lowest BCUT2D eigenvalue weighted by atomic mass is 10.1. The molecule has 0 spiro atoms. The number of rotatable bonds is 4. The molecule has 0 bridgehead atoms. The van der Waals surface area contributed by atoms with E-state index in [9.17, 15) is 9.90 Å². The van der Waals surface area contributed by atoms with E-state index in [1.54, 1.807) is 18.6 Å². The number of aromatic nitrogens is 2. The maximum Gasteiger partial charge on any atom is 0.252 e. The molecular formula is C19H21N3O3. The van der Waals surface area contributed by atoms with Crippen LogP contribution in [0.5, 0.6) is 0 Å². The van der Waals surface area contributed by atoms with Crippen molar-refractivity contribution in [2.45, 2.75) is 38.5 Å². The van der Waals surface area contributed by atoms with E-state index in [4.69, 9.17) is 4.42 Å². The number of benzene rings is 1. The molecule has 3 atom stereocenters. The minimum Gasteiger partial charge on any atom is -0.461 e. The van der Waals surface area contributed by atoms with Gasteiger partial charge in [0.1, 0.15) is 11.3 Å².